The number of hydrogen-bond acceptors (Lipinski definition) is 5. The highest BCUT2D eigenvalue weighted by molar-refractivity contribution is 5.97. The number of likely N-dealkylation sites (tertiary alicyclic amines) is 1. The number of fused-ring (bicyclic) bond motifs is 1. The van der Waals surface area contributed by atoms with Crippen molar-refractivity contribution in [3.63, 3.8) is 0 Å². The first-order valence-electron chi connectivity index (χ1n) is 10.2. The van der Waals surface area contributed by atoms with Gasteiger partial charge in [-0.25, -0.2) is 14.4 Å². The lowest BCUT2D eigenvalue weighted by atomic mass is 10.00. The van der Waals surface area contributed by atoms with E-state index < -0.39 is 5.82 Å². The second-order valence-electron chi connectivity index (χ2n) is 7.91. The van der Waals surface area contributed by atoms with Crippen molar-refractivity contribution < 1.29 is 14.0 Å². The lowest BCUT2D eigenvalue weighted by Crippen LogP contribution is -2.39. The van der Waals surface area contributed by atoms with E-state index in [0.29, 0.717) is 30.9 Å². The molecule has 1 aliphatic carbocycles. The van der Waals surface area contributed by atoms with Gasteiger partial charge in [0.05, 0.1) is 12.1 Å². The average molecular weight is 404 g/mol. The van der Waals surface area contributed by atoms with E-state index in [1.54, 1.807) is 18.5 Å². The summed E-state index contributed by atoms with van der Waals surface area (Å²) in [5, 5.41) is 4.34. The predicted molar refractivity (Wildman–Crippen MR) is 111 cm³/mol. The highest BCUT2D eigenvalue weighted by Crippen LogP contribution is 2.31. The molecular weight excluding hydrogens is 383 g/mol. The summed E-state index contributed by atoms with van der Waals surface area (Å²) in [6.45, 7) is -0.0392. The number of nitrogens with one attached hydrogen (secondary N) is 1. The molecule has 30 heavy (non-hydrogen) atoms. The van der Waals surface area contributed by atoms with Gasteiger partial charge in [-0.05, 0) is 54.7 Å². The van der Waals surface area contributed by atoms with Crippen LogP contribution in [-0.4, -0.2) is 32.7 Å². The number of rotatable bonds is 5. The fraction of sp³-hybridized carbons (Fsp3) is 0.304. The maximum atomic E-state index is 14.5. The standard InChI is InChI=1S/C23H21FN4O2/c24-19-8-4-14(10-16(19)12-28-21(29)2-1-3-22(28)30)15-5-9-20-18(11-15)23(26-13-25-20)27-17-6-7-17/h4-5,8-11,13,17H,1-3,6-7,12H2,(H,25,26,27). The van der Waals surface area contributed by atoms with Crippen molar-refractivity contribution in [3.05, 3.63) is 54.1 Å². The summed E-state index contributed by atoms with van der Waals surface area (Å²) in [4.78, 5) is 34.1. The number of halogens is 1. The average Bonchev–Trinajstić information content (AvgIpc) is 3.56. The number of imide groups is 1. The minimum Gasteiger partial charge on any atom is -0.367 e. The van der Waals surface area contributed by atoms with E-state index in [-0.39, 0.29) is 18.4 Å². The maximum absolute atomic E-state index is 14.5. The Balaban J connectivity index is 1.49. The molecule has 0 spiro atoms. The molecule has 0 unspecified atom stereocenters. The van der Waals surface area contributed by atoms with Crippen molar-refractivity contribution in [1.29, 1.82) is 0 Å². The molecule has 2 aromatic carbocycles. The highest BCUT2D eigenvalue weighted by atomic mass is 19.1. The molecule has 1 saturated heterocycles. The molecule has 3 aromatic rings. The molecule has 6 nitrogen and oxygen atoms in total. The van der Waals surface area contributed by atoms with Crippen LogP contribution in [0.15, 0.2) is 42.7 Å². The van der Waals surface area contributed by atoms with Crippen LogP contribution in [0.1, 0.15) is 37.7 Å². The van der Waals surface area contributed by atoms with Gasteiger partial charge in [0.15, 0.2) is 0 Å². The zero-order valence-electron chi connectivity index (χ0n) is 16.4. The maximum Gasteiger partial charge on any atom is 0.229 e. The van der Waals surface area contributed by atoms with E-state index in [4.69, 9.17) is 0 Å². The predicted octanol–water partition coefficient (Wildman–Crippen LogP) is 4.05. The fourth-order valence-electron chi connectivity index (χ4n) is 3.79. The van der Waals surface area contributed by atoms with Crippen LogP contribution in [-0.2, 0) is 16.1 Å². The molecule has 7 heteroatoms. The number of carbonyl (C=O) groups excluding carboxylic acids is 2. The van der Waals surface area contributed by atoms with Gasteiger partial charge in [0, 0.05) is 29.8 Å². The Morgan fingerprint density at radius 2 is 1.73 bits per heavy atom. The Morgan fingerprint density at radius 1 is 1.00 bits per heavy atom. The number of amides is 2. The zero-order valence-corrected chi connectivity index (χ0v) is 16.4. The molecule has 2 fully saturated rings. The number of anilines is 1. The third-order valence-electron chi connectivity index (χ3n) is 5.64. The van der Waals surface area contributed by atoms with Crippen molar-refractivity contribution >= 4 is 28.5 Å². The van der Waals surface area contributed by atoms with Gasteiger partial charge in [-0.1, -0.05) is 12.1 Å². The van der Waals surface area contributed by atoms with Crippen LogP contribution in [0.5, 0.6) is 0 Å². The summed E-state index contributed by atoms with van der Waals surface area (Å²) >= 11 is 0. The first-order valence-corrected chi connectivity index (χ1v) is 10.2. The van der Waals surface area contributed by atoms with Crippen molar-refractivity contribution in [2.75, 3.05) is 5.32 Å². The lowest BCUT2D eigenvalue weighted by Gasteiger charge is -2.25. The summed E-state index contributed by atoms with van der Waals surface area (Å²) < 4.78 is 14.5. The molecule has 0 atom stereocenters. The first kappa shape index (κ1) is 18.7. The van der Waals surface area contributed by atoms with Crippen LogP contribution in [0.4, 0.5) is 10.2 Å². The third-order valence-corrected chi connectivity index (χ3v) is 5.64. The number of aromatic nitrogens is 2. The van der Waals surface area contributed by atoms with Crippen LogP contribution >= 0.6 is 0 Å². The van der Waals surface area contributed by atoms with Gasteiger partial charge in [-0.2, -0.15) is 0 Å². The largest absolute Gasteiger partial charge is 0.367 e. The molecule has 1 N–H and O–H groups in total. The first-order chi connectivity index (χ1) is 14.6. The monoisotopic (exact) mass is 404 g/mol. The van der Waals surface area contributed by atoms with Crippen LogP contribution in [0.25, 0.3) is 22.0 Å². The van der Waals surface area contributed by atoms with Gasteiger partial charge in [0.1, 0.15) is 18.0 Å². The second kappa shape index (κ2) is 7.48. The fourth-order valence-corrected chi connectivity index (χ4v) is 3.79. The highest BCUT2D eigenvalue weighted by Gasteiger charge is 2.27. The molecule has 2 aliphatic rings. The number of benzene rings is 2. The number of nitrogens with zero attached hydrogens (tertiary/aromatic N) is 3. The summed E-state index contributed by atoms with van der Waals surface area (Å²) in [6, 6.07) is 11.1. The Labute approximate surface area is 173 Å². The Kier molecular flexibility index (Phi) is 4.65. The van der Waals surface area contributed by atoms with Gasteiger partial charge in [0.2, 0.25) is 11.8 Å². The third kappa shape index (κ3) is 3.63. The second-order valence-corrected chi connectivity index (χ2v) is 7.91. The van der Waals surface area contributed by atoms with E-state index in [2.05, 4.69) is 15.3 Å². The van der Waals surface area contributed by atoms with Gasteiger partial charge in [-0.15, -0.1) is 0 Å². The summed E-state index contributed by atoms with van der Waals surface area (Å²) in [5.41, 5.74) is 2.88. The number of piperidine rings is 1. The molecular formula is C23H21FN4O2. The van der Waals surface area contributed by atoms with E-state index >= 15 is 0 Å². The molecule has 2 heterocycles. The summed E-state index contributed by atoms with van der Waals surface area (Å²) in [6.07, 6.45) is 5.05. The number of hydrogen-bond donors (Lipinski definition) is 1. The minimum atomic E-state index is -0.426. The molecule has 0 bridgehead atoms. The summed E-state index contributed by atoms with van der Waals surface area (Å²) in [5.74, 6) is -0.106. The smallest absolute Gasteiger partial charge is 0.229 e. The topological polar surface area (TPSA) is 75.2 Å². The van der Waals surface area contributed by atoms with Crippen LogP contribution in [0.2, 0.25) is 0 Å². The van der Waals surface area contributed by atoms with Crippen molar-refractivity contribution in [2.45, 2.75) is 44.7 Å². The van der Waals surface area contributed by atoms with Crippen molar-refractivity contribution in [3.8, 4) is 11.1 Å². The van der Waals surface area contributed by atoms with Gasteiger partial charge < -0.3 is 5.32 Å². The Bertz CT molecular complexity index is 1140. The van der Waals surface area contributed by atoms with Crippen molar-refractivity contribution in [2.24, 2.45) is 0 Å². The van der Waals surface area contributed by atoms with E-state index in [9.17, 15) is 14.0 Å². The Hall–Kier alpha value is -3.35. The normalized spacial score (nSPS) is 16.9. The Morgan fingerprint density at radius 3 is 2.50 bits per heavy atom. The molecule has 152 valence electrons. The molecule has 2 amide bonds. The quantitative estimate of drug-likeness (QED) is 0.650. The van der Waals surface area contributed by atoms with E-state index in [1.807, 2.05) is 18.2 Å². The number of carbonyl (C=O) groups is 2. The van der Waals surface area contributed by atoms with Gasteiger partial charge in [0.25, 0.3) is 0 Å². The summed E-state index contributed by atoms with van der Waals surface area (Å²) in [7, 11) is 0. The van der Waals surface area contributed by atoms with E-state index in [0.717, 1.165) is 45.6 Å². The molecule has 1 aromatic heterocycles. The minimum absolute atomic E-state index is 0.0392. The van der Waals surface area contributed by atoms with Crippen LogP contribution in [0.3, 0.4) is 0 Å². The zero-order chi connectivity index (χ0) is 20.7. The van der Waals surface area contributed by atoms with E-state index in [1.165, 1.54) is 6.07 Å². The lowest BCUT2D eigenvalue weighted by molar-refractivity contribution is -0.148. The van der Waals surface area contributed by atoms with Crippen LogP contribution < -0.4 is 5.32 Å². The van der Waals surface area contributed by atoms with Crippen LogP contribution in [0, 0.1) is 5.82 Å². The SMILES string of the molecule is O=C1CCCC(=O)N1Cc1cc(-c2ccc3ncnc(NC4CC4)c3c2)ccc1F. The molecule has 5 rings (SSSR count). The molecule has 0 radical (unpaired) electrons. The van der Waals surface area contributed by atoms with Gasteiger partial charge >= 0.3 is 0 Å². The molecule has 1 aliphatic heterocycles. The van der Waals surface area contributed by atoms with Crippen molar-refractivity contribution in [1.82, 2.24) is 14.9 Å². The van der Waals surface area contributed by atoms with Gasteiger partial charge in [-0.3, -0.25) is 14.5 Å². The molecule has 1 saturated carbocycles.